The van der Waals surface area contributed by atoms with Crippen LogP contribution in [-0.4, -0.2) is 34.2 Å². The van der Waals surface area contributed by atoms with Gasteiger partial charge in [-0.05, 0) is 51.3 Å². The fourth-order valence-electron chi connectivity index (χ4n) is 3.37. The van der Waals surface area contributed by atoms with E-state index in [0.717, 1.165) is 32.4 Å². The SMILES string of the molecule is OC1CCCc2c1ccn2CCN1CCCCC1. The number of fused-ring (bicyclic) bond motifs is 1. The normalized spacial score (nSPS) is 25.1. The van der Waals surface area contributed by atoms with Gasteiger partial charge in [0.05, 0.1) is 6.10 Å². The van der Waals surface area contributed by atoms with E-state index in [-0.39, 0.29) is 6.10 Å². The summed E-state index contributed by atoms with van der Waals surface area (Å²) in [6.07, 6.45) is 9.28. The van der Waals surface area contributed by atoms with Gasteiger partial charge in [0.25, 0.3) is 0 Å². The average Bonchev–Trinajstić information content (AvgIpc) is 2.82. The van der Waals surface area contributed by atoms with Crippen molar-refractivity contribution in [1.82, 2.24) is 9.47 Å². The molecule has 3 nitrogen and oxygen atoms in total. The number of hydrogen-bond donors (Lipinski definition) is 1. The van der Waals surface area contributed by atoms with Crippen LogP contribution in [0.2, 0.25) is 0 Å². The quantitative estimate of drug-likeness (QED) is 0.889. The Bertz CT molecular complexity index is 393. The zero-order valence-electron chi connectivity index (χ0n) is 11.1. The maximum atomic E-state index is 9.97. The topological polar surface area (TPSA) is 28.4 Å². The van der Waals surface area contributed by atoms with E-state index in [9.17, 15) is 5.11 Å². The summed E-state index contributed by atoms with van der Waals surface area (Å²) in [5.41, 5.74) is 2.56. The largest absolute Gasteiger partial charge is 0.388 e. The standard InChI is InChI=1S/C15H24N2O/c18-15-6-4-5-14-13(15)7-10-17(14)12-11-16-8-2-1-3-9-16/h7,10,15,18H,1-6,8-9,11-12H2. The highest BCUT2D eigenvalue weighted by Crippen LogP contribution is 2.30. The van der Waals surface area contributed by atoms with Crippen molar-refractivity contribution in [1.29, 1.82) is 0 Å². The van der Waals surface area contributed by atoms with Crippen LogP contribution in [0.5, 0.6) is 0 Å². The molecule has 1 aromatic heterocycles. The van der Waals surface area contributed by atoms with E-state index in [4.69, 9.17) is 0 Å². The van der Waals surface area contributed by atoms with Crippen molar-refractivity contribution in [2.24, 2.45) is 0 Å². The number of rotatable bonds is 3. The molecule has 1 saturated heterocycles. The van der Waals surface area contributed by atoms with Crippen molar-refractivity contribution in [3.8, 4) is 0 Å². The lowest BCUT2D eigenvalue weighted by atomic mass is 9.95. The predicted molar refractivity (Wildman–Crippen MR) is 72.6 cm³/mol. The third-order valence-electron chi connectivity index (χ3n) is 4.47. The lowest BCUT2D eigenvalue weighted by Gasteiger charge is -2.27. The fourth-order valence-corrected chi connectivity index (χ4v) is 3.37. The van der Waals surface area contributed by atoms with Gasteiger partial charge in [-0.1, -0.05) is 6.42 Å². The molecule has 0 spiro atoms. The van der Waals surface area contributed by atoms with Gasteiger partial charge < -0.3 is 14.6 Å². The van der Waals surface area contributed by atoms with Crippen molar-refractivity contribution in [3.63, 3.8) is 0 Å². The van der Waals surface area contributed by atoms with Crippen LogP contribution in [0.1, 0.15) is 49.5 Å². The zero-order valence-corrected chi connectivity index (χ0v) is 11.1. The van der Waals surface area contributed by atoms with Crippen LogP contribution in [-0.2, 0) is 13.0 Å². The second-order valence-electron chi connectivity index (χ2n) is 5.72. The first kappa shape index (κ1) is 12.2. The van der Waals surface area contributed by atoms with E-state index < -0.39 is 0 Å². The Labute approximate surface area is 109 Å². The van der Waals surface area contributed by atoms with E-state index in [1.807, 2.05) is 0 Å². The van der Waals surface area contributed by atoms with Crippen molar-refractivity contribution >= 4 is 0 Å². The van der Waals surface area contributed by atoms with Crippen LogP contribution in [0.15, 0.2) is 12.3 Å². The van der Waals surface area contributed by atoms with Crippen molar-refractivity contribution < 1.29 is 5.11 Å². The Hall–Kier alpha value is -0.800. The zero-order chi connectivity index (χ0) is 12.4. The summed E-state index contributed by atoms with van der Waals surface area (Å²) < 4.78 is 2.37. The Kier molecular flexibility index (Phi) is 3.71. The lowest BCUT2D eigenvalue weighted by molar-refractivity contribution is 0.155. The molecular formula is C15H24N2O. The minimum atomic E-state index is -0.218. The second kappa shape index (κ2) is 5.45. The molecule has 1 unspecified atom stereocenters. The molecule has 1 aromatic rings. The third-order valence-corrected chi connectivity index (χ3v) is 4.47. The molecule has 3 heteroatoms. The average molecular weight is 248 g/mol. The first-order chi connectivity index (χ1) is 8.84. The fraction of sp³-hybridized carbons (Fsp3) is 0.733. The van der Waals surface area contributed by atoms with Crippen molar-refractivity contribution in [2.45, 2.75) is 51.2 Å². The number of likely N-dealkylation sites (tertiary alicyclic amines) is 1. The van der Waals surface area contributed by atoms with Crippen LogP contribution < -0.4 is 0 Å². The van der Waals surface area contributed by atoms with Gasteiger partial charge in [0.2, 0.25) is 0 Å². The Morgan fingerprint density at radius 3 is 2.78 bits per heavy atom. The highest BCUT2D eigenvalue weighted by atomic mass is 16.3. The van der Waals surface area contributed by atoms with E-state index in [0.29, 0.717) is 0 Å². The summed E-state index contributed by atoms with van der Waals surface area (Å²) in [4.78, 5) is 2.58. The summed E-state index contributed by atoms with van der Waals surface area (Å²) in [6, 6.07) is 2.12. The van der Waals surface area contributed by atoms with Crippen molar-refractivity contribution in [3.05, 3.63) is 23.5 Å². The summed E-state index contributed by atoms with van der Waals surface area (Å²) in [5.74, 6) is 0. The molecule has 1 aliphatic heterocycles. The van der Waals surface area contributed by atoms with Gasteiger partial charge >= 0.3 is 0 Å². The summed E-state index contributed by atoms with van der Waals surface area (Å²) in [7, 11) is 0. The third kappa shape index (κ3) is 2.47. The van der Waals surface area contributed by atoms with Crippen LogP contribution in [0.4, 0.5) is 0 Å². The Balaban J connectivity index is 1.62. The van der Waals surface area contributed by atoms with E-state index in [2.05, 4.69) is 21.7 Å². The molecule has 1 aliphatic carbocycles. The van der Waals surface area contributed by atoms with Gasteiger partial charge in [0.15, 0.2) is 0 Å². The van der Waals surface area contributed by atoms with Gasteiger partial charge in [0, 0.05) is 30.5 Å². The van der Waals surface area contributed by atoms with Gasteiger partial charge in [0.1, 0.15) is 0 Å². The van der Waals surface area contributed by atoms with E-state index in [1.54, 1.807) is 0 Å². The van der Waals surface area contributed by atoms with Crippen LogP contribution in [0, 0.1) is 0 Å². The summed E-state index contributed by atoms with van der Waals surface area (Å²) in [6.45, 7) is 4.79. The monoisotopic (exact) mass is 248 g/mol. The molecule has 2 heterocycles. The molecule has 0 aromatic carbocycles. The maximum Gasteiger partial charge on any atom is 0.0807 e. The minimum Gasteiger partial charge on any atom is -0.388 e. The number of aliphatic hydroxyl groups is 1. The molecule has 3 rings (SSSR count). The van der Waals surface area contributed by atoms with E-state index >= 15 is 0 Å². The summed E-state index contributed by atoms with van der Waals surface area (Å²) >= 11 is 0. The van der Waals surface area contributed by atoms with Gasteiger partial charge in [-0.3, -0.25) is 0 Å². The number of hydrogen-bond acceptors (Lipinski definition) is 2. The Morgan fingerprint density at radius 1 is 1.11 bits per heavy atom. The van der Waals surface area contributed by atoms with Crippen molar-refractivity contribution in [2.75, 3.05) is 19.6 Å². The predicted octanol–water partition coefficient (Wildman–Crippen LogP) is 2.34. The smallest absolute Gasteiger partial charge is 0.0807 e. The molecule has 0 amide bonds. The molecule has 1 N–H and O–H groups in total. The van der Waals surface area contributed by atoms with Gasteiger partial charge in [-0.25, -0.2) is 0 Å². The van der Waals surface area contributed by atoms with Gasteiger partial charge in [-0.15, -0.1) is 0 Å². The maximum absolute atomic E-state index is 9.97. The molecule has 100 valence electrons. The summed E-state index contributed by atoms with van der Waals surface area (Å²) in [5, 5.41) is 9.97. The number of nitrogens with zero attached hydrogens (tertiary/aromatic N) is 2. The first-order valence-electron chi connectivity index (χ1n) is 7.43. The molecule has 18 heavy (non-hydrogen) atoms. The molecule has 1 atom stereocenters. The molecule has 0 radical (unpaired) electrons. The molecule has 2 aliphatic rings. The van der Waals surface area contributed by atoms with E-state index in [1.165, 1.54) is 43.6 Å². The highest BCUT2D eigenvalue weighted by molar-refractivity contribution is 5.27. The number of piperidine rings is 1. The molecular weight excluding hydrogens is 224 g/mol. The number of aromatic nitrogens is 1. The Morgan fingerprint density at radius 2 is 1.94 bits per heavy atom. The van der Waals surface area contributed by atoms with Crippen LogP contribution in [0.25, 0.3) is 0 Å². The highest BCUT2D eigenvalue weighted by Gasteiger charge is 2.21. The van der Waals surface area contributed by atoms with Gasteiger partial charge in [-0.2, -0.15) is 0 Å². The first-order valence-corrected chi connectivity index (χ1v) is 7.43. The van der Waals surface area contributed by atoms with Crippen LogP contribution in [0.3, 0.4) is 0 Å². The molecule has 1 fully saturated rings. The molecule has 0 bridgehead atoms. The minimum absolute atomic E-state index is 0.218. The second-order valence-corrected chi connectivity index (χ2v) is 5.72. The lowest BCUT2D eigenvalue weighted by Crippen LogP contribution is -2.32. The molecule has 0 saturated carbocycles. The van der Waals surface area contributed by atoms with Crippen LogP contribution >= 0.6 is 0 Å². The number of aliphatic hydroxyl groups excluding tert-OH is 1.